The smallest absolute Gasteiger partial charge is 0.273 e. The van der Waals surface area contributed by atoms with Gasteiger partial charge in [-0.25, -0.2) is 0 Å². The number of thiophene rings is 1. The number of benzene rings is 2. The van der Waals surface area contributed by atoms with Crippen LogP contribution in [0.4, 0.5) is 5.69 Å². The van der Waals surface area contributed by atoms with Crippen LogP contribution in [-0.2, 0) is 4.79 Å². The monoisotopic (exact) mass is 368 g/mol. The first-order chi connectivity index (χ1) is 12.6. The molecule has 26 heavy (non-hydrogen) atoms. The van der Waals surface area contributed by atoms with Gasteiger partial charge in [-0.1, -0.05) is 42.5 Å². The first-order valence-electron chi connectivity index (χ1n) is 7.88. The molecule has 0 aliphatic rings. The van der Waals surface area contributed by atoms with E-state index >= 15 is 0 Å². The highest BCUT2D eigenvalue weighted by Crippen LogP contribution is 2.26. The minimum atomic E-state index is -0.505. The van der Waals surface area contributed by atoms with E-state index in [1.54, 1.807) is 17.4 Å². The third kappa shape index (κ3) is 4.46. The van der Waals surface area contributed by atoms with Gasteiger partial charge < -0.3 is 10.1 Å². The van der Waals surface area contributed by atoms with Crippen LogP contribution in [0.2, 0.25) is 0 Å². The number of hydrogen-bond donors (Lipinski definition) is 1. The maximum Gasteiger partial charge on any atom is 0.273 e. The maximum absolute atomic E-state index is 12.3. The van der Waals surface area contributed by atoms with E-state index in [1.807, 2.05) is 47.8 Å². The van der Waals surface area contributed by atoms with Crippen molar-refractivity contribution < 1.29 is 14.5 Å². The summed E-state index contributed by atoms with van der Waals surface area (Å²) >= 11 is 1.56. The third-order valence-electron chi connectivity index (χ3n) is 3.66. The first kappa shape index (κ1) is 17.6. The van der Waals surface area contributed by atoms with E-state index in [0.29, 0.717) is 0 Å². The number of amides is 1. The van der Waals surface area contributed by atoms with Crippen LogP contribution in [0.5, 0.6) is 5.75 Å². The summed E-state index contributed by atoms with van der Waals surface area (Å²) in [6, 6.07) is 19.0. The van der Waals surface area contributed by atoms with Crippen LogP contribution in [0.1, 0.15) is 16.5 Å². The summed E-state index contributed by atoms with van der Waals surface area (Å²) < 4.78 is 5.40. The Kier molecular flexibility index (Phi) is 5.60. The summed E-state index contributed by atoms with van der Waals surface area (Å²) in [6.07, 6.45) is 0. The van der Waals surface area contributed by atoms with Crippen molar-refractivity contribution in [1.29, 1.82) is 0 Å². The van der Waals surface area contributed by atoms with Crippen molar-refractivity contribution in [2.45, 2.75) is 6.04 Å². The number of hydrogen-bond acceptors (Lipinski definition) is 5. The van der Waals surface area contributed by atoms with Gasteiger partial charge in [-0.2, -0.15) is 0 Å². The lowest BCUT2D eigenvalue weighted by atomic mass is 10.1. The van der Waals surface area contributed by atoms with Gasteiger partial charge in [0.15, 0.2) is 6.61 Å². The second kappa shape index (κ2) is 8.26. The van der Waals surface area contributed by atoms with Crippen LogP contribution < -0.4 is 10.1 Å². The number of ether oxygens (including phenoxy) is 1. The largest absolute Gasteiger partial charge is 0.484 e. The molecular weight excluding hydrogens is 352 g/mol. The molecule has 0 bridgehead atoms. The zero-order valence-corrected chi connectivity index (χ0v) is 14.5. The van der Waals surface area contributed by atoms with Crippen molar-refractivity contribution in [2.75, 3.05) is 6.61 Å². The number of nitrogens with one attached hydrogen (secondary N) is 1. The van der Waals surface area contributed by atoms with Crippen molar-refractivity contribution in [3.05, 3.63) is 92.7 Å². The van der Waals surface area contributed by atoms with E-state index in [-0.39, 0.29) is 30.0 Å². The van der Waals surface area contributed by atoms with Gasteiger partial charge >= 0.3 is 0 Å². The van der Waals surface area contributed by atoms with E-state index in [1.165, 1.54) is 18.2 Å². The van der Waals surface area contributed by atoms with Crippen molar-refractivity contribution in [2.24, 2.45) is 0 Å². The molecule has 2 aromatic carbocycles. The molecule has 3 aromatic rings. The lowest BCUT2D eigenvalue weighted by Gasteiger charge is -2.18. The predicted octanol–water partition coefficient (Wildman–Crippen LogP) is 3.94. The van der Waals surface area contributed by atoms with E-state index < -0.39 is 4.92 Å². The number of non-ortho nitro benzene ring substituents is 1. The summed E-state index contributed by atoms with van der Waals surface area (Å²) in [6.45, 7) is -0.226. The molecule has 0 aliphatic carbocycles. The van der Waals surface area contributed by atoms with Crippen LogP contribution in [0.15, 0.2) is 72.1 Å². The van der Waals surface area contributed by atoms with Crippen LogP contribution >= 0.6 is 11.3 Å². The van der Waals surface area contributed by atoms with Gasteiger partial charge in [0.05, 0.1) is 17.0 Å². The summed E-state index contributed by atoms with van der Waals surface area (Å²) in [4.78, 5) is 23.7. The second-order valence-electron chi connectivity index (χ2n) is 5.47. The molecule has 7 heteroatoms. The third-order valence-corrected chi connectivity index (χ3v) is 4.60. The number of carbonyl (C=O) groups excluding carboxylic acids is 1. The number of rotatable bonds is 7. The molecule has 1 aromatic heterocycles. The minimum Gasteiger partial charge on any atom is -0.484 e. The van der Waals surface area contributed by atoms with Gasteiger partial charge in [0, 0.05) is 10.9 Å². The molecule has 132 valence electrons. The first-order valence-corrected chi connectivity index (χ1v) is 8.76. The summed E-state index contributed by atoms with van der Waals surface area (Å²) in [5.41, 5.74) is 0.891. The SMILES string of the molecule is O=C(COc1cccc([N+](=O)[O-])c1)NC(c1ccccc1)c1cccs1. The molecule has 1 heterocycles. The maximum atomic E-state index is 12.3. The molecule has 0 aliphatic heterocycles. The molecule has 6 nitrogen and oxygen atoms in total. The van der Waals surface area contributed by atoms with Crippen molar-refractivity contribution in [3.8, 4) is 5.75 Å². The fourth-order valence-electron chi connectivity index (χ4n) is 2.46. The number of nitrogens with zero attached hydrogens (tertiary/aromatic N) is 1. The second-order valence-corrected chi connectivity index (χ2v) is 6.45. The zero-order valence-electron chi connectivity index (χ0n) is 13.7. The predicted molar refractivity (Wildman–Crippen MR) is 99.3 cm³/mol. The topological polar surface area (TPSA) is 81.5 Å². The van der Waals surface area contributed by atoms with Gasteiger partial charge in [0.25, 0.3) is 11.6 Å². The van der Waals surface area contributed by atoms with E-state index in [2.05, 4.69) is 5.32 Å². The summed E-state index contributed by atoms with van der Waals surface area (Å²) in [5, 5.41) is 15.7. The van der Waals surface area contributed by atoms with Crippen LogP contribution in [-0.4, -0.2) is 17.4 Å². The molecule has 0 spiro atoms. The van der Waals surface area contributed by atoms with Crippen LogP contribution in [0.25, 0.3) is 0 Å². The van der Waals surface area contributed by atoms with Gasteiger partial charge in [-0.15, -0.1) is 11.3 Å². The highest BCUT2D eigenvalue weighted by atomic mass is 32.1. The average molecular weight is 368 g/mol. The Balaban J connectivity index is 1.67. The van der Waals surface area contributed by atoms with Crippen molar-refractivity contribution in [3.63, 3.8) is 0 Å². The zero-order chi connectivity index (χ0) is 18.4. The standard InChI is InChI=1S/C19H16N2O4S/c22-18(13-25-16-9-4-8-15(12-16)21(23)24)20-19(17-10-5-11-26-17)14-6-2-1-3-7-14/h1-12,19H,13H2,(H,20,22). The van der Waals surface area contributed by atoms with Crippen molar-refractivity contribution >= 4 is 22.9 Å². The molecule has 0 radical (unpaired) electrons. The summed E-state index contributed by atoms with van der Waals surface area (Å²) in [7, 11) is 0. The van der Waals surface area contributed by atoms with Crippen LogP contribution in [0.3, 0.4) is 0 Å². The molecule has 3 rings (SSSR count). The Morgan fingerprint density at radius 2 is 1.92 bits per heavy atom. The summed E-state index contributed by atoms with van der Waals surface area (Å²) in [5.74, 6) is -0.0273. The highest BCUT2D eigenvalue weighted by Gasteiger charge is 2.18. The Bertz CT molecular complexity index is 882. The number of carbonyl (C=O) groups is 1. The minimum absolute atomic E-state index is 0.0799. The van der Waals surface area contributed by atoms with E-state index in [9.17, 15) is 14.9 Å². The molecule has 1 unspecified atom stereocenters. The lowest BCUT2D eigenvalue weighted by Crippen LogP contribution is -2.32. The Labute approximate surface area is 154 Å². The molecule has 1 amide bonds. The average Bonchev–Trinajstić information content (AvgIpc) is 3.20. The molecule has 0 saturated carbocycles. The molecule has 1 atom stereocenters. The van der Waals surface area contributed by atoms with Crippen LogP contribution in [0, 0.1) is 10.1 Å². The van der Waals surface area contributed by atoms with Crippen molar-refractivity contribution in [1.82, 2.24) is 5.32 Å². The Hall–Kier alpha value is -3.19. The fourth-order valence-corrected chi connectivity index (χ4v) is 3.26. The van der Waals surface area contributed by atoms with Gasteiger partial charge in [0.1, 0.15) is 5.75 Å². The molecule has 0 fully saturated rings. The van der Waals surface area contributed by atoms with Gasteiger partial charge in [0.2, 0.25) is 0 Å². The number of nitro groups is 1. The van der Waals surface area contributed by atoms with Gasteiger partial charge in [-0.05, 0) is 23.1 Å². The molecule has 0 saturated heterocycles. The normalized spacial score (nSPS) is 11.5. The Morgan fingerprint density at radius 1 is 1.12 bits per heavy atom. The van der Waals surface area contributed by atoms with Gasteiger partial charge in [-0.3, -0.25) is 14.9 Å². The lowest BCUT2D eigenvalue weighted by molar-refractivity contribution is -0.384. The highest BCUT2D eigenvalue weighted by molar-refractivity contribution is 7.10. The van der Waals surface area contributed by atoms with E-state index in [4.69, 9.17) is 4.74 Å². The molecule has 1 N–H and O–H groups in total. The fraction of sp³-hybridized carbons (Fsp3) is 0.105. The Morgan fingerprint density at radius 3 is 2.62 bits per heavy atom. The molecular formula is C19H16N2O4S. The van der Waals surface area contributed by atoms with E-state index in [0.717, 1.165) is 10.4 Å². The number of nitro benzene ring substituents is 1. The quantitative estimate of drug-likeness (QED) is 0.506.